The van der Waals surface area contributed by atoms with Crippen LogP contribution in [0.25, 0.3) is 0 Å². The number of H-pyrrole nitrogens is 1. The molecule has 1 heterocycles. The van der Waals surface area contributed by atoms with E-state index in [1.165, 1.54) is 56.9 Å². The van der Waals surface area contributed by atoms with Gasteiger partial charge in [0.15, 0.2) is 0 Å². The minimum Gasteiger partial charge on any atom is -0.425 e. The lowest BCUT2D eigenvalue weighted by Gasteiger charge is -2.27. The topological polar surface area (TPSA) is 226 Å². The summed E-state index contributed by atoms with van der Waals surface area (Å²) >= 11 is 0. The standard InChI is InChI=1S/C31H49N5O15P4/c1-42-52(38,43-2)21-35(22-53(39,44-3)45-4)19-17-25-9-13-27(14-10-25)50-30-32-29(37)33-31(34-30)51-28-15-11-26(12-16-28)18-20-36(23-54(40,46-5)47-6)24-55(41,48-7)49-8/h9-16H,17-24H2,1-8H3,(H,32,33,34,37). The second-order valence-electron chi connectivity index (χ2n) is 11.5. The maximum absolute atomic E-state index is 12.8. The maximum atomic E-state index is 12.8. The van der Waals surface area contributed by atoms with Gasteiger partial charge in [0.2, 0.25) is 0 Å². The summed E-state index contributed by atoms with van der Waals surface area (Å²) in [5, 5.41) is 0. The SMILES string of the molecule is COP(=O)(CN(CCc1ccc(Oc2nc(Oc3ccc(CCN(CP(=O)(OC)OC)CP(=O)(OC)OC)cc3)[nH]c(=O)n2)cc1)CP(=O)(OC)OC)OC. The summed E-state index contributed by atoms with van der Waals surface area (Å²) in [7, 11) is -3.74. The van der Waals surface area contributed by atoms with E-state index < -0.39 is 36.1 Å². The van der Waals surface area contributed by atoms with Crippen LogP contribution in [-0.4, -0.2) is 120 Å². The third-order valence-corrected chi connectivity index (χ3v) is 15.5. The largest absolute Gasteiger partial charge is 0.425 e. The van der Waals surface area contributed by atoms with Crippen molar-refractivity contribution < 1.29 is 63.9 Å². The van der Waals surface area contributed by atoms with Crippen molar-refractivity contribution in [2.75, 3.05) is 95.1 Å². The number of aromatic nitrogens is 3. The van der Waals surface area contributed by atoms with Gasteiger partial charge in [-0.05, 0) is 48.2 Å². The summed E-state index contributed by atoms with van der Waals surface area (Å²) in [5.41, 5.74) is 0.961. The van der Waals surface area contributed by atoms with E-state index in [9.17, 15) is 23.1 Å². The molecule has 2 aromatic carbocycles. The number of nitrogens with one attached hydrogen (secondary N) is 1. The first-order valence-electron chi connectivity index (χ1n) is 16.4. The Bertz CT molecular complexity index is 1680. The van der Waals surface area contributed by atoms with E-state index in [2.05, 4.69) is 15.0 Å². The summed E-state index contributed by atoms with van der Waals surface area (Å²) in [6.07, 6.45) is 0.334. The molecule has 24 heteroatoms. The van der Waals surface area contributed by atoms with Crippen molar-refractivity contribution in [3.8, 4) is 23.5 Å². The van der Waals surface area contributed by atoms with Crippen LogP contribution in [0.4, 0.5) is 0 Å². The molecule has 1 N–H and O–H groups in total. The highest BCUT2D eigenvalue weighted by molar-refractivity contribution is 7.55. The van der Waals surface area contributed by atoms with Gasteiger partial charge in [0.05, 0.1) is 0 Å². The number of aromatic amines is 1. The highest BCUT2D eigenvalue weighted by atomic mass is 31.2. The van der Waals surface area contributed by atoms with Crippen molar-refractivity contribution in [2.24, 2.45) is 0 Å². The molecule has 0 bridgehead atoms. The molecular weight excluding hydrogens is 806 g/mol. The molecule has 1 aromatic heterocycles. The van der Waals surface area contributed by atoms with E-state index in [-0.39, 0.29) is 37.2 Å². The molecule has 3 aromatic rings. The fourth-order valence-corrected chi connectivity index (χ4v) is 9.55. The minimum atomic E-state index is -3.48. The van der Waals surface area contributed by atoms with Crippen molar-refractivity contribution >= 4 is 30.4 Å². The number of hydrogen-bond donors (Lipinski definition) is 1. The van der Waals surface area contributed by atoms with E-state index in [0.29, 0.717) is 37.4 Å². The molecule has 0 fully saturated rings. The van der Waals surface area contributed by atoms with Gasteiger partial charge in [-0.1, -0.05) is 24.3 Å². The zero-order valence-electron chi connectivity index (χ0n) is 32.0. The lowest BCUT2D eigenvalue weighted by molar-refractivity contribution is 0.223. The third kappa shape index (κ3) is 15.0. The normalized spacial score (nSPS) is 12.8. The predicted octanol–water partition coefficient (Wildman–Crippen LogP) is 6.21. The molecular formula is C31H49N5O15P4. The van der Waals surface area contributed by atoms with Gasteiger partial charge < -0.3 is 45.7 Å². The molecule has 20 nitrogen and oxygen atoms in total. The smallest absolute Gasteiger partial charge is 0.353 e. The van der Waals surface area contributed by atoms with E-state index in [0.717, 1.165) is 11.1 Å². The van der Waals surface area contributed by atoms with E-state index in [4.69, 9.17) is 45.7 Å². The monoisotopic (exact) mass is 855 g/mol. The van der Waals surface area contributed by atoms with Gasteiger partial charge in [0, 0.05) is 70.0 Å². The highest BCUT2D eigenvalue weighted by Crippen LogP contribution is 2.52. The molecule has 0 spiro atoms. The van der Waals surface area contributed by atoms with Crippen molar-refractivity contribution in [3.63, 3.8) is 0 Å². The number of rotatable bonds is 26. The van der Waals surface area contributed by atoms with Gasteiger partial charge in [-0.2, -0.15) is 0 Å². The van der Waals surface area contributed by atoms with E-state index >= 15 is 0 Å². The van der Waals surface area contributed by atoms with Crippen LogP contribution < -0.4 is 15.2 Å². The van der Waals surface area contributed by atoms with Crippen LogP contribution in [0.5, 0.6) is 23.5 Å². The minimum absolute atomic E-state index is 0.141. The fraction of sp³-hybridized carbons (Fsp3) is 0.516. The van der Waals surface area contributed by atoms with Crippen LogP contribution in [0.15, 0.2) is 53.3 Å². The number of nitrogens with zero attached hydrogens (tertiary/aromatic N) is 4. The summed E-state index contributed by atoms with van der Waals surface area (Å²) in [6.45, 7) is 0.619. The Morgan fingerprint density at radius 3 is 1.16 bits per heavy atom. The van der Waals surface area contributed by atoms with Crippen LogP contribution in [-0.2, 0) is 67.3 Å². The summed E-state index contributed by atoms with van der Waals surface area (Å²) < 4.78 is 103. The Morgan fingerprint density at radius 2 is 0.836 bits per heavy atom. The number of hydrogen-bond acceptors (Lipinski definition) is 19. The molecule has 3 rings (SSSR count). The number of benzene rings is 2. The molecule has 0 aliphatic rings. The summed E-state index contributed by atoms with van der Waals surface area (Å²) in [4.78, 5) is 25.9. The molecule has 0 saturated heterocycles. The number of ether oxygens (including phenoxy) is 2. The molecule has 0 unspecified atom stereocenters. The third-order valence-electron chi connectivity index (χ3n) is 8.03. The molecule has 0 radical (unpaired) electrons. The molecule has 0 atom stereocenters. The Labute approximate surface area is 320 Å². The zero-order valence-corrected chi connectivity index (χ0v) is 35.6. The highest BCUT2D eigenvalue weighted by Gasteiger charge is 2.33. The van der Waals surface area contributed by atoms with Gasteiger partial charge in [0.1, 0.15) is 36.6 Å². The van der Waals surface area contributed by atoms with Crippen molar-refractivity contribution in [2.45, 2.75) is 12.8 Å². The van der Waals surface area contributed by atoms with Crippen LogP contribution in [0.2, 0.25) is 0 Å². The van der Waals surface area contributed by atoms with Gasteiger partial charge in [-0.25, -0.2) is 4.79 Å². The van der Waals surface area contributed by atoms with Crippen molar-refractivity contribution in [3.05, 3.63) is 70.1 Å². The predicted molar refractivity (Wildman–Crippen MR) is 202 cm³/mol. The van der Waals surface area contributed by atoms with Crippen molar-refractivity contribution in [1.29, 1.82) is 0 Å². The quantitative estimate of drug-likeness (QED) is 0.0885. The second-order valence-corrected chi connectivity index (χ2v) is 20.4. The molecule has 0 aliphatic heterocycles. The first-order valence-corrected chi connectivity index (χ1v) is 23.3. The van der Waals surface area contributed by atoms with Crippen LogP contribution in [0.1, 0.15) is 11.1 Å². The molecule has 0 aliphatic carbocycles. The van der Waals surface area contributed by atoms with Crippen LogP contribution in [0, 0.1) is 0 Å². The zero-order chi connectivity index (χ0) is 40.7. The van der Waals surface area contributed by atoms with Gasteiger partial charge in [-0.15, -0.1) is 9.97 Å². The fourth-order valence-electron chi connectivity index (χ4n) is 4.79. The molecule has 55 heavy (non-hydrogen) atoms. The van der Waals surface area contributed by atoms with Crippen molar-refractivity contribution in [1.82, 2.24) is 24.8 Å². The molecule has 0 saturated carbocycles. The first-order chi connectivity index (χ1) is 26.1. The molecule has 0 amide bonds. The van der Waals surface area contributed by atoms with Crippen LogP contribution >= 0.6 is 30.4 Å². The Balaban J connectivity index is 1.64. The Morgan fingerprint density at radius 1 is 0.509 bits per heavy atom. The average Bonchev–Trinajstić information content (AvgIpc) is 3.19. The average molecular weight is 856 g/mol. The maximum Gasteiger partial charge on any atom is 0.353 e. The van der Waals surface area contributed by atoms with Gasteiger partial charge in [0.25, 0.3) is 0 Å². The van der Waals surface area contributed by atoms with Crippen LogP contribution in [0.3, 0.4) is 0 Å². The van der Waals surface area contributed by atoms with E-state index in [1.54, 1.807) is 58.3 Å². The summed E-state index contributed by atoms with van der Waals surface area (Å²) in [6, 6.07) is 13.3. The Hall–Kier alpha value is -2.63. The molecule has 308 valence electrons. The Kier molecular flexibility index (Phi) is 18.5. The van der Waals surface area contributed by atoms with Gasteiger partial charge >= 0.3 is 48.1 Å². The lowest BCUT2D eigenvalue weighted by atomic mass is 10.1. The summed E-state index contributed by atoms with van der Waals surface area (Å²) in [5.74, 6) is 0.687. The lowest BCUT2D eigenvalue weighted by Crippen LogP contribution is -2.29. The van der Waals surface area contributed by atoms with Gasteiger partial charge in [-0.3, -0.25) is 33.0 Å². The second kappa shape index (κ2) is 21.8. The first kappa shape index (κ1) is 46.8. The van der Waals surface area contributed by atoms with E-state index in [1.807, 2.05) is 0 Å².